The monoisotopic (exact) mass is 282 g/mol. The molecule has 2 unspecified atom stereocenters. The van der Waals surface area contributed by atoms with Gasteiger partial charge >= 0.3 is 0 Å². The topological polar surface area (TPSA) is 41.1 Å². The third-order valence-corrected chi connectivity index (χ3v) is 4.56. The molecule has 1 fully saturated rings. The molecule has 0 aliphatic carbocycles. The van der Waals surface area contributed by atoms with E-state index in [1.807, 2.05) is 0 Å². The summed E-state index contributed by atoms with van der Waals surface area (Å²) in [5.74, 6) is 1.59. The molecule has 3 heteroatoms. The minimum absolute atomic E-state index is 0.247. The number of hydrogen-bond donors (Lipinski definition) is 2. The fourth-order valence-electron chi connectivity index (χ4n) is 2.90. The van der Waals surface area contributed by atoms with E-state index in [0.717, 1.165) is 32.0 Å². The molecule has 0 aromatic rings. The number of hydrogen-bond acceptors (Lipinski definition) is 2. The van der Waals surface area contributed by atoms with Gasteiger partial charge < -0.3 is 10.6 Å². The summed E-state index contributed by atoms with van der Waals surface area (Å²) in [7, 11) is 0. The Labute approximate surface area is 125 Å². The Balaban J connectivity index is 1.94. The number of carbonyl (C=O) groups excluding carboxylic acids is 1. The van der Waals surface area contributed by atoms with Gasteiger partial charge in [0.2, 0.25) is 5.91 Å². The average Bonchev–Trinajstić information content (AvgIpc) is 2.45. The van der Waals surface area contributed by atoms with Crippen molar-refractivity contribution >= 4 is 5.91 Å². The van der Waals surface area contributed by atoms with Gasteiger partial charge in [-0.3, -0.25) is 4.79 Å². The summed E-state index contributed by atoms with van der Waals surface area (Å²) in [6.07, 6.45) is 10.8. The second-order valence-corrected chi connectivity index (χ2v) is 6.41. The normalized spacial score (nSPS) is 22.7. The molecule has 1 saturated heterocycles. The first-order chi connectivity index (χ1) is 9.74. The van der Waals surface area contributed by atoms with Crippen LogP contribution < -0.4 is 10.6 Å². The zero-order valence-corrected chi connectivity index (χ0v) is 13.5. The minimum atomic E-state index is 0.247. The van der Waals surface area contributed by atoms with Crippen molar-refractivity contribution in [2.24, 2.45) is 11.8 Å². The SMILES string of the molecule is CCCCCCCCCC(=O)NCC1CNCCC1C. The number of nitrogens with one attached hydrogen (secondary N) is 2. The molecule has 118 valence electrons. The van der Waals surface area contributed by atoms with Crippen LogP contribution in [-0.2, 0) is 4.79 Å². The highest BCUT2D eigenvalue weighted by Crippen LogP contribution is 2.17. The Morgan fingerprint density at radius 2 is 1.85 bits per heavy atom. The number of amides is 1. The van der Waals surface area contributed by atoms with Gasteiger partial charge in [-0.1, -0.05) is 52.4 Å². The highest BCUT2D eigenvalue weighted by atomic mass is 16.1. The molecule has 0 saturated carbocycles. The van der Waals surface area contributed by atoms with Crippen LogP contribution in [0, 0.1) is 11.8 Å². The largest absolute Gasteiger partial charge is 0.356 e. The van der Waals surface area contributed by atoms with Crippen molar-refractivity contribution in [1.82, 2.24) is 10.6 Å². The van der Waals surface area contributed by atoms with Gasteiger partial charge in [0.1, 0.15) is 0 Å². The smallest absolute Gasteiger partial charge is 0.220 e. The van der Waals surface area contributed by atoms with Crippen molar-refractivity contribution in [3.05, 3.63) is 0 Å². The maximum Gasteiger partial charge on any atom is 0.220 e. The van der Waals surface area contributed by atoms with Gasteiger partial charge in [-0.25, -0.2) is 0 Å². The molecular formula is C17H34N2O. The predicted molar refractivity (Wildman–Crippen MR) is 85.8 cm³/mol. The number of unbranched alkanes of at least 4 members (excludes halogenated alkanes) is 6. The summed E-state index contributed by atoms with van der Waals surface area (Å²) >= 11 is 0. The standard InChI is InChI=1S/C17H34N2O/c1-3-4-5-6-7-8-9-10-17(20)19-14-16-13-18-12-11-15(16)2/h15-16,18H,3-14H2,1-2H3,(H,19,20). The van der Waals surface area contributed by atoms with Crippen LogP contribution in [-0.4, -0.2) is 25.5 Å². The van der Waals surface area contributed by atoms with Gasteiger partial charge in [0.05, 0.1) is 0 Å². The Kier molecular flexibility index (Phi) is 9.73. The van der Waals surface area contributed by atoms with Gasteiger partial charge in [-0.15, -0.1) is 0 Å². The molecular weight excluding hydrogens is 248 g/mol. The lowest BCUT2D eigenvalue weighted by molar-refractivity contribution is -0.121. The Bertz CT molecular complexity index is 255. The van der Waals surface area contributed by atoms with Crippen LogP contribution in [0.5, 0.6) is 0 Å². The lowest BCUT2D eigenvalue weighted by atomic mass is 9.88. The van der Waals surface area contributed by atoms with E-state index in [2.05, 4.69) is 24.5 Å². The van der Waals surface area contributed by atoms with Crippen molar-refractivity contribution in [2.45, 2.75) is 71.6 Å². The lowest BCUT2D eigenvalue weighted by Gasteiger charge is -2.29. The van der Waals surface area contributed by atoms with Crippen molar-refractivity contribution in [3.63, 3.8) is 0 Å². The number of rotatable bonds is 10. The molecule has 0 radical (unpaired) electrons. The van der Waals surface area contributed by atoms with Crippen LogP contribution in [0.4, 0.5) is 0 Å². The summed E-state index contributed by atoms with van der Waals surface area (Å²) in [4.78, 5) is 11.8. The zero-order chi connectivity index (χ0) is 14.6. The molecule has 1 rings (SSSR count). The lowest BCUT2D eigenvalue weighted by Crippen LogP contribution is -2.42. The van der Waals surface area contributed by atoms with Crippen molar-refractivity contribution < 1.29 is 4.79 Å². The first-order valence-electron chi connectivity index (χ1n) is 8.71. The van der Waals surface area contributed by atoms with Gasteiger partial charge in [-0.2, -0.15) is 0 Å². The van der Waals surface area contributed by atoms with E-state index in [4.69, 9.17) is 0 Å². The van der Waals surface area contributed by atoms with Gasteiger partial charge in [-0.05, 0) is 37.8 Å². The fourth-order valence-corrected chi connectivity index (χ4v) is 2.90. The summed E-state index contributed by atoms with van der Waals surface area (Å²) < 4.78 is 0. The van der Waals surface area contributed by atoms with Crippen LogP contribution in [0.25, 0.3) is 0 Å². The van der Waals surface area contributed by atoms with Crippen molar-refractivity contribution in [2.75, 3.05) is 19.6 Å². The van der Waals surface area contributed by atoms with E-state index >= 15 is 0 Å². The fraction of sp³-hybridized carbons (Fsp3) is 0.941. The minimum Gasteiger partial charge on any atom is -0.356 e. The van der Waals surface area contributed by atoms with E-state index < -0.39 is 0 Å². The summed E-state index contributed by atoms with van der Waals surface area (Å²) in [6, 6.07) is 0. The molecule has 1 aliphatic rings. The van der Waals surface area contributed by atoms with Gasteiger partial charge in [0, 0.05) is 13.0 Å². The molecule has 1 heterocycles. The van der Waals surface area contributed by atoms with E-state index in [9.17, 15) is 4.79 Å². The molecule has 1 amide bonds. The Morgan fingerprint density at radius 3 is 2.55 bits per heavy atom. The number of carbonyl (C=O) groups is 1. The van der Waals surface area contributed by atoms with E-state index in [-0.39, 0.29) is 5.91 Å². The van der Waals surface area contributed by atoms with E-state index in [1.54, 1.807) is 0 Å². The Morgan fingerprint density at radius 1 is 1.15 bits per heavy atom. The first kappa shape index (κ1) is 17.5. The summed E-state index contributed by atoms with van der Waals surface area (Å²) in [5, 5.41) is 6.53. The highest BCUT2D eigenvalue weighted by molar-refractivity contribution is 5.75. The average molecular weight is 282 g/mol. The van der Waals surface area contributed by atoms with Crippen LogP contribution in [0.3, 0.4) is 0 Å². The maximum atomic E-state index is 11.8. The molecule has 0 spiro atoms. The molecule has 2 atom stereocenters. The Hall–Kier alpha value is -0.570. The summed E-state index contributed by atoms with van der Waals surface area (Å²) in [5.41, 5.74) is 0. The van der Waals surface area contributed by atoms with Crippen LogP contribution in [0.15, 0.2) is 0 Å². The third-order valence-electron chi connectivity index (χ3n) is 4.56. The quantitative estimate of drug-likeness (QED) is 0.602. The molecule has 0 bridgehead atoms. The number of piperidine rings is 1. The first-order valence-corrected chi connectivity index (χ1v) is 8.71. The highest BCUT2D eigenvalue weighted by Gasteiger charge is 2.21. The van der Waals surface area contributed by atoms with Crippen LogP contribution in [0.2, 0.25) is 0 Å². The van der Waals surface area contributed by atoms with Crippen LogP contribution in [0.1, 0.15) is 71.6 Å². The maximum absolute atomic E-state index is 11.8. The molecule has 0 aromatic heterocycles. The van der Waals surface area contributed by atoms with Crippen molar-refractivity contribution in [3.8, 4) is 0 Å². The second-order valence-electron chi connectivity index (χ2n) is 6.41. The molecule has 1 aliphatic heterocycles. The van der Waals surface area contributed by atoms with Crippen LogP contribution >= 0.6 is 0 Å². The molecule has 20 heavy (non-hydrogen) atoms. The van der Waals surface area contributed by atoms with E-state index in [0.29, 0.717) is 12.3 Å². The molecule has 0 aromatic carbocycles. The summed E-state index contributed by atoms with van der Waals surface area (Å²) in [6.45, 7) is 7.58. The van der Waals surface area contributed by atoms with Gasteiger partial charge in [0.25, 0.3) is 0 Å². The molecule has 2 N–H and O–H groups in total. The van der Waals surface area contributed by atoms with E-state index in [1.165, 1.54) is 44.9 Å². The molecule has 3 nitrogen and oxygen atoms in total. The van der Waals surface area contributed by atoms with Crippen molar-refractivity contribution in [1.29, 1.82) is 0 Å². The second kappa shape index (κ2) is 11.1. The third kappa shape index (κ3) is 7.88. The van der Waals surface area contributed by atoms with Gasteiger partial charge in [0.15, 0.2) is 0 Å². The zero-order valence-electron chi connectivity index (χ0n) is 13.5. The predicted octanol–water partition coefficient (Wildman–Crippen LogP) is 3.49.